The maximum atomic E-state index is 12.7. The summed E-state index contributed by atoms with van der Waals surface area (Å²) in [6.45, 7) is 5.60. The molecule has 0 radical (unpaired) electrons. The fourth-order valence-electron chi connectivity index (χ4n) is 3.00. The van der Waals surface area contributed by atoms with Crippen molar-refractivity contribution in [3.63, 3.8) is 0 Å². The van der Waals surface area contributed by atoms with Gasteiger partial charge in [-0.2, -0.15) is 0 Å². The average molecular weight is 412 g/mol. The molecule has 29 heavy (non-hydrogen) atoms. The van der Waals surface area contributed by atoms with Gasteiger partial charge < -0.3 is 10.4 Å². The predicted octanol–water partition coefficient (Wildman–Crippen LogP) is 3.91. The number of nitrogens with zero attached hydrogens (tertiary/aromatic N) is 1. The van der Waals surface area contributed by atoms with Gasteiger partial charge in [0.15, 0.2) is 0 Å². The number of imide groups is 1. The summed E-state index contributed by atoms with van der Waals surface area (Å²) in [5.41, 5.74) is 3.38. The van der Waals surface area contributed by atoms with Gasteiger partial charge in [0, 0.05) is 6.42 Å². The van der Waals surface area contributed by atoms with Crippen molar-refractivity contribution < 1.29 is 24.3 Å². The Kier molecular flexibility index (Phi) is 5.74. The van der Waals surface area contributed by atoms with Gasteiger partial charge in [-0.05, 0) is 73.5 Å². The molecule has 2 N–H and O–H groups in total. The number of rotatable bonds is 5. The van der Waals surface area contributed by atoms with E-state index in [1.165, 1.54) is 6.07 Å². The first-order valence-corrected chi connectivity index (χ1v) is 9.81. The number of benzene rings is 2. The molecular weight excluding hydrogens is 392 g/mol. The lowest BCUT2D eigenvalue weighted by molar-refractivity contribution is -0.121. The molecule has 1 aliphatic rings. The lowest BCUT2D eigenvalue weighted by Gasteiger charge is -2.15. The molecule has 3 rings (SSSR count). The number of hydrogen-bond acceptors (Lipinski definition) is 5. The number of carbonyl (C=O) groups excluding carboxylic acids is 3. The van der Waals surface area contributed by atoms with Gasteiger partial charge in [-0.25, -0.2) is 9.69 Å². The van der Waals surface area contributed by atoms with Crippen molar-refractivity contribution in [2.24, 2.45) is 0 Å². The number of carboxylic acids is 1. The normalized spacial score (nSPS) is 16.2. The topological polar surface area (TPSA) is 104 Å². The van der Waals surface area contributed by atoms with E-state index in [1.807, 2.05) is 19.9 Å². The van der Waals surface area contributed by atoms with Crippen LogP contribution in [0.4, 0.5) is 16.2 Å². The number of nitrogens with one attached hydrogen (secondary N) is 1. The highest BCUT2D eigenvalue weighted by atomic mass is 32.2. The minimum absolute atomic E-state index is 0.0396. The molecule has 0 saturated carbocycles. The van der Waals surface area contributed by atoms with Crippen LogP contribution in [0.2, 0.25) is 0 Å². The third-order valence-electron chi connectivity index (χ3n) is 4.72. The Morgan fingerprint density at radius 1 is 1.07 bits per heavy atom. The smallest absolute Gasteiger partial charge is 0.337 e. The summed E-state index contributed by atoms with van der Waals surface area (Å²) < 4.78 is 0. The summed E-state index contributed by atoms with van der Waals surface area (Å²) in [7, 11) is 0. The van der Waals surface area contributed by atoms with Gasteiger partial charge in [0.05, 0.1) is 16.9 Å². The van der Waals surface area contributed by atoms with Crippen molar-refractivity contribution in [3.05, 3.63) is 58.7 Å². The molecule has 0 spiro atoms. The number of anilines is 2. The third-order valence-corrected chi connectivity index (χ3v) is 5.76. The van der Waals surface area contributed by atoms with Crippen molar-refractivity contribution in [3.8, 4) is 0 Å². The molecule has 1 atom stereocenters. The molecule has 0 aliphatic carbocycles. The Labute approximate surface area is 172 Å². The SMILES string of the molecule is Cc1ccc(C(=O)O)c(NC(=O)CC2SC(=O)N(c3ccc(C)c(C)c3)C2=O)c1. The molecule has 1 saturated heterocycles. The van der Waals surface area contributed by atoms with Crippen LogP contribution in [0.15, 0.2) is 36.4 Å². The molecule has 1 fully saturated rings. The van der Waals surface area contributed by atoms with Gasteiger partial charge in [-0.15, -0.1) is 0 Å². The van der Waals surface area contributed by atoms with Crippen LogP contribution in [0.3, 0.4) is 0 Å². The summed E-state index contributed by atoms with van der Waals surface area (Å²) >= 11 is 0.800. The van der Waals surface area contributed by atoms with E-state index in [9.17, 15) is 24.3 Å². The maximum Gasteiger partial charge on any atom is 0.337 e. The Balaban J connectivity index is 1.74. The first kappa shape index (κ1) is 20.6. The van der Waals surface area contributed by atoms with Crippen molar-refractivity contribution >= 4 is 46.2 Å². The van der Waals surface area contributed by atoms with Crippen LogP contribution in [-0.2, 0) is 9.59 Å². The highest BCUT2D eigenvalue weighted by molar-refractivity contribution is 8.15. The van der Waals surface area contributed by atoms with Gasteiger partial charge >= 0.3 is 5.97 Å². The van der Waals surface area contributed by atoms with Crippen LogP contribution >= 0.6 is 11.8 Å². The van der Waals surface area contributed by atoms with Crippen LogP contribution in [-0.4, -0.2) is 33.4 Å². The molecule has 2 aromatic rings. The summed E-state index contributed by atoms with van der Waals surface area (Å²) in [6, 6.07) is 9.90. The lowest BCUT2D eigenvalue weighted by Crippen LogP contribution is -2.33. The van der Waals surface area contributed by atoms with Gasteiger partial charge in [0.2, 0.25) is 11.8 Å². The standard InChI is InChI=1S/C21H20N2O5S/c1-11-4-7-15(20(26)27)16(8-11)22-18(24)10-17-19(25)23(21(28)29-17)14-6-5-12(2)13(3)9-14/h4-9,17H,10H2,1-3H3,(H,22,24)(H,26,27). The zero-order chi connectivity index (χ0) is 21.3. The largest absolute Gasteiger partial charge is 0.478 e. The Hall–Kier alpha value is -3.13. The van der Waals surface area contributed by atoms with E-state index in [2.05, 4.69) is 5.32 Å². The van der Waals surface area contributed by atoms with E-state index in [4.69, 9.17) is 0 Å². The molecule has 3 amide bonds. The number of thioether (sulfide) groups is 1. The van der Waals surface area contributed by atoms with E-state index >= 15 is 0 Å². The summed E-state index contributed by atoms with van der Waals surface area (Å²) in [5, 5.41) is 10.5. The molecule has 1 heterocycles. The number of aromatic carboxylic acids is 1. The zero-order valence-electron chi connectivity index (χ0n) is 16.2. The van der Waals surface area contributed by atoms with Crippen molar-refractivity contribution in [1.29, 1.82) is 0 Å². The fourth-order valence-corrected chi connectivity index (χ4v) is 3.99. The van der Waals surface area contributed by atoms with Gasteiger partial charge in [-0.1, -0.05) is 12.1 Å². The monoisotopic (exact) mass is 412 g/mol. The Morgan fingerprint density at radius 3 is 2.45 bits per heavy atom. The average Bonchev–Trinajstić information content (AvgIpc) is 2.90. The predicted molar refractivity (Wildman–Crippen MR) is 112 cm³/mol. The van der Waals surface area contributed by atoms with Gasteiger partial charge in [0.1, 0.15) is 5.25 Å². The van der Waals surface area contributed by atoms with E-state index in [-0.39, 0.29) is 17.7 Å². The molecular formula is C21H20N2O5S. The molecule has 0 aromatic heterocycles. The van der Waals surface area contributed by atoms with Crippen LogP contribution in [0, 0.1) is 20.8 Å². The van der Waals surface area contributed by atoms with Crippen molar-refractivity contribution in [1.82, 2.24) is 0 Å². The third kappa shape index (κ3) is 4.32. The second kappa shape index (κ2) is 8.08. The minimum atomic E-state index is -1.16. The van der Waals surface area contributed by atoms with Crippen molar-refractivity contribution in [2.75, 3.05) is 10.2 Å². The molecule has 1 aliphatic heterocycles. The van der Waals surface area contributed by atoms with E-state index in [0.717, 1.165) is 33.4 Å². The second-order valence-electron chi connectivity index (χ2n) is 6.92. The van der Waals surface area contributed by atoms with E-state index < -0.39 is 28.3 Å². The van der Waals surface area contributed by atoms with Crippen LogP contribution in [0.25, 0.3) is 0 Å². The number of hydrogen-bond donors (Lipinski definition) is 2. The molecule has 2 aromatic carbocycles. The van der Waals surface area contributed by atoms with Crippen LogP contribution in [0.5, 0.6) is 0 Å². The molecule has 0 bridgehead atoms. The number of amides is 3. The minimum Gasteiger partial charge on any atom is -0.478 e. The molecule has 7 nitrogen and oxygen atoms in total. The van der Waals surface area contributed by atoms with E-state index in [1.54, 1.807) is 31.2 Å². The summed E-state index contributed by atoms with van der Waals surface area (Å²) in [4.78, 5) is 50.0. The first-order valence-electron chi connectivity index (χ1n) is 8.93. The summed E-state index contributed by atoms with van der Waals surface area (Å²) in [6.07, 6.45) is -0.233. The van der Waals surface area contributed by atoms with Crippen LogP contribution in [0.1, 0.15) is 33.5 Å². The Bertz CT molecular complexity index is 1030. The van der Waals surface area contributed by atoms with E-state index in [0.29, 0.717) is 5.69 Å². The van der Waals surface area contributed by atoms with Crippen LogP contribution < -0.4 is 10.2 Å². The second-order valence-corrected chi connectivity index (χ2v) is 8.08. The van der Waals surface area contributed by atoms with Gasteiger partial charge in [-0.3, -0.25) is 14.4 Å². The molecule has 150 valence electrons. The van der Waals surface area contributed by atoms with Crippen molar-refractivity contribution in [2.45, 2.75) is 32.4 Å². The lowest BCUT2D eigenvalue weighted by atomic mass is 10.1. The summed E-state index contributed by atoms with van der Waals surface area (Å²) in [5.74, 6) is -2.15. The number of carbonyl (C=O) groups is 4. The number of aryl methyl sites for hydroxylation is 3. The van der Waals surface area contributed by atoms with Gasteiger partial charge in [0.25, 0.3) is 5.24 Å². The maximum absolute atomic E-state index is 12.7. The highest BCUT2D eigenvalue weighted by Crippen LogP contribution is 2.34. The fraction of sp³-hybridized carbons (Fsp3) is 0.238. The first-order chi connectivity index (χ1) is 13.7. The quantitative estimate of drug-likeness (QED) is 0.772. The zero-order valence-corrected chi connectivity index (χ0v) is 17.0. The highest BCUT2D eigenvalue weighted by Gasteiger charge is 2.41. The number of carboxylic acid groups (broad SMARTS) is 1. The Morgan fingerprint density at radius 2 is 1.79 bits per heavy atom. The molecule has 8 heteroatoms. The molecule has 1 unspecified atom stereocenters.